The SMILES string of the molecule is CCc1cc(Br)ccc1C1C(=O)C12C(=O)C(C)(CC)C(=O)C2(C)C. The third-order valence-electron chi connectivity index (χ3n) is 6.42. The molecule has 0 bridgehead atoms. The van der Waals surface area contributed by atoms with Crippen LogP contribution in [0.1, 0.15) is 58.1 Å². The summed E-state index contributed by atoms with van der Waals surface area (Å²) < 4.78 is 0.955. The standard InChI is InChI=1S/C20H23BrO3/c1-6-11-10-12(21)8-9-13(11)14-15(22)20(14)17(24)19(5,7-2)16(23)18(20,3)4/h8-10,14H,6-7H2,1-5H3. The van der Waals surface area contributed by atoms with Crippen molar-refractivity contribution in [2.45, 2.75) is 53.4 Å². The maximum atomic E-state index is 13.3. The first kappa shape index (κ1) is 17.5. The fourth-order valence-electron chi connectivity index (χ4n) is 4.76. The number of hydrogen-bond acceptors (Lipinski definition) is 3. The molecule has 0 saturated heterocycles. The van der Waals surface area contributed by atoms with Crippen molar-refractivity contribution in [1.82, 2.24) is 0 Å². The van der Waals surface area contributed by atoms with Gasteiger partial charge in [-0.3, -0.25) is 14.4 Å². The number of halogens is 1. The summed E-state index contributed by atoms with van der Waals surface area (Å²) in [5.74, 6) is -0.832. The highest BCUT2D eigenvalue weighted by Gasteiger charge is 2.85. The Hall–Kier alpha value is -1.29. The Balaban J connectivity index is 2.19. The van der Waals surface area contributed by atoms with E-state index in [1.54, 1.807) is 20.8 Å². The van der Waals surface area contributed by atoms with Gasteiger partial charge < -0.3 is 0 Å². The fraction of sp³-hybridized carbons (Fsp3) is 0.550. The quantitative estimate of drug-likeness (QED) is 0.724. The van der Waals surface area contributed by atoms with E-state index >= 15 is 0 Å². The molecule has 128 valence electrons. The lowest BCUT2D eigenvalue weighted by atomic mass is 9.74. The van der Waals surface area contributed by atoms with Crippen molar-refractivity contribution < 1.29 is 14.4 Å². The highest BCUT2D eigenvalue weighted by atomic mass is 79.9. The third-order valence-corrected chi connectivity index (χ3v) is 6.91. The molecule has 3 unspecified atom stereocenters. The molecule has 2 aliphatic rings. The highest BCUT2D eigenvalue weighted by Crippen LogP contribution is 2.73. The van der Waals surface area contributed by atoms with E-state index in [2.05, 4.69) is 15.9 Å². The van der Waals surface area contributed by atoms with Crippen LogP contribution in [0.2, 0.25) is 0 Å². The van der Waals surface area contributed by atoms with Crippen LogP contribution in [0.4, 0.5) is 0 Å². The van der Waals surface area contributed by atoms with Crippen molar-refractivity contribution in [2.24, 2.45) is 16.2 Å². The maximum absolute atomic E-state index is 13.3. The van der Waals surface area contributed by atoms with E-state index in [1.807, 2.05) is 32.0 Å². The Labute approximate surface area is 151 Å². The van der Waals surface area contributed by atoms with Crippen LogP contribution in [0, 0.1) is 16.2 Å². The van der Waals surface area contributed by atoms with Gasteiger partial charge in [0, 0.05) is 9.89 Å². The molecule has 0 heterocycles. The zero-order valence-electron chi connectivity index (χ0n) is 14.8. The molecule has 2 aliphatic carbocycles. The lowest BCUT2D eigenvalue weighted by Crippen LogP contribution is -2.32. The molecule has 0 radical (unpaired) electrons. The summed E-state index contributed by atoms with van der Waals surface area (Å²) in [5.41, 5.74) is -1.21. The van der Waals surface area contributed by atoms with Crippen molar-refractivity contribution in [3.05, 3.63) is 33.8 Å². The average molecular weight is 391 g/mol. The largest absolute Gasteiger partial charge is 0.298 e. The molecule has 3 nitrogen and oxygen atoms in total. The van der Waals surface area contributed by atoms with E-state index in [0.29, 0.717) is 6.42 Å². The molecule has 1 aromatic carbocycles. The molecular weight excluding hydrogens is 368 g/mol. The summed E-state index contributed by atoms with van der Waals surface area (Å²) in [7, 11) is 0. The molecular formula is C20H23BrO3. The van der Waals surface area contributed by atoms with Gasteiger partial charge in [0.05, 0.1) is 11.3 Å². The van der Waals surface area contributed by atoms with Gasteiger partial charge in [-0.15, -0.1) is 0 Å². The molecule has 2 saturated carbocycles. The smallest absolute Gasteiger partial charge is 0.161 e. The molecule has 0 aromatic heterocycles. The normalized spacial score (nSPS) is 34.2. The highest BCUT2D eigenvalue weighted by molar-refractivity contribution is 9.10. The Morgan fingerprint density at radius 2 is 1.67 bits per heavy atom. The third kappa shape index (κ3) is 1.75. The van der Waals surface area contributed by atoms with Crippen LogP contribution in [0.15, 0.2) is 22.7 Å². The number of carbonyl (C=O) groups is 3. The van der Waals surface area contributed by atoms with Crippen LogP contribution in [-0.2, 0) is 20.8 Å². The molecule has 0 N–H and O–H groups in total. The minimum Gasteiger partial charge on any atom is -0.298 e. The minimum absolute atomic E-state index is 0.0833. The number of hydrogen-bond donors (Lipinski definition) is 0. The van der Waals surface area contributed by atoms with E-state index in [9.17, 15) is 14.4 Å². The molecule has 3 rings (SSSR count). The van der Waals surface area contributed by atoms with Crippen LogP contribution in [0.5, 0.6) is 0 Å². The van der Waals surface area contributed by atoms with Gasteiger partial charge in [-0.25, -0.2) is 0 Å². The summed E-state index contributed by atoms with van der Waals surface area (Å²) in [6, 6.07) is 5.83. The zero-order chi connectivity index (χ0) is 18.1. The second-order valence-corrected chi connectivity index (χ2v) is 8.69. The number of ketones is 3. The number of rotatable bonds is 3. The van der Waals surface area contributed by atoms with E-state index in [0.717, 1.165) is 22.0 Å². The van der Waals surface area contributed by atoms with Gasteiger partial charge in [0.15, 0.2) is 17.3 Å². The Morgan fingerprint density at radius 1 is 1.04 bits per heavy atom. The fourth-order valence-corrected chi connectivity index (χ4v) is 5.17. The molecule has 2 fully saturated rings. The summed E-state index contributed by atoms with van der Waals surface area (Å²) in [4.78, 5) is 39.3. The molecule has 4 heteroatoms. The summed E-state index contributed by atoms with van der Waals surface area (Å²) >= 11 is 3.46. The Kier molecular flexibility index (Phi) is 3.73. The van der Waals surface area contributed by atoms with Crippen LogP contribution in [-0.4, -0.2) is 17.3 Å². The lowest BCUT2D eigenvalue weighted by molar-refractivity contribution is -0.136. The Bertz CT molecular complexity index is 779. The van der Waals surface area contributed by atoms with Crippen molar-refractivity contribution >= 4 is 33.3 Å². The molecule has 24 heavy (non-hydrogen) atoms. The summed E-state index contributed by atoms with van der Waals surface area (Å²) in [5, 5.41) is 0. The molecule has 1 aromatic rings. The maximum Gasteiger partial charge on any atom is 0.161 e. The van der Waals surface area contributed by atoms with E-state index in [4.69, 9.17) is 0 Å². The second kappa shape index (κ2) is 5.10. The van der Waals surface area contributed by atoms with Gasteiger partial charge in [0.25, 0.3) is 0 Å². The number of aryl methyl sites for hydroxylation is 1. The predicted molar refractivity (Wildman–Crippen MR) is 95.9 cm³/mol. The van der Waals surface area contributed by atoms with Gasteiger partial charge in [-0.05, 0) is 43.0 Å². The number of carbonyl (C=O) groups excluding carboxylic acids is 3. The van der Waals surface area contributed by atoms with E-state index in [-0.39, 0.29) is 17.3 Å². The molecule has 3 atom stereocenters. The van der Waals surface area contributed by atoms with Gasteiger partial charge in [-0.1, -0.05) is 49.7 Å². The Morgan fingerprint density at radius 3 is 2.17 bits per heavy atom. The van der Waals surface area contributed by atoms with Crippen LogP contribution in [0.25, 0.3) is 0 Å². The predicted octanol–water partition coefficient (Wildman–Crippen LogP) is 4.26. The molecule has 1 spiro atoms. The van der Waals surface area contributed by atoms with Gasteiger partial charge in [0.1, 0.15) is 5.41 Å². The minimum atomic E-state index is -1.17. The van der Waals surface area contributed by atoms with Crippen molar-refractivity contribution in [3.63, 3.8) is 0 Å². The summed E-state index contributed by atoms with van der Waals surface area (Å²) in [6.45, 7) is 9.14. The van der Waals surface area contributed by atoms with Crippen LogP contribution >= 0.6 is 15.9 Å². The topological polar surface area (TPSA) is 51.2 Å². The average Bonchev–Trinajstić information content (AvgIpc) is 3.16. The van der Waals surface area contributed by atoms with E-state index in [1.165, 1.54) is 0 Å². The zero-order valence-corrected chi connectivity index (χ0v) is 16.4. The monoisotopic (exact) mass is 390 g/mol. The second-order valence-electron chi connectivity index (χ2n) is 7.77. The van der Waals surface area contributed by atoms with Gasteiger partial charge in [0.2, 0.25) is 0 Å². The van der Waals surface area contributed by atoms with Gasteiger partial charge >= 0.3 is 0 Å². The van der Waals surface area contributed by atoms with E-state index < -0.39 is 22.2 Å². The first-order chi connectivity index (χ1) is 11.1. The van der Waals surface area contributed by atoms with Crippen molar-refractivity contribution in [2.75, 3.05) is 0 Å². The summed E-state index contributed by atoms with van der Waals surface area (Å²) in [6.07, 6.45) is 1.22. The first-order valence-corrected chi connectivity index (χ1v) is 9.32. The van der Waals surface area contributed by atoms with Crippen LogP contribution in [0.3, 0.4) is 0 Å². The molecule has 0 amide bonds. The van der Waals surface area contributed by atoms with Crippen molar-refractivity contribution in [1.29, 1.82) is 0 Å². The first-order valence-electron chi connectivity index (χ1n) is 8.53. The number of benzene rings is 1. The van der Waals surface area contributed by atoms with Gasteiger partial charge in [-0.2, -0.15) is 0 Å². The molecule has 0 aliphatic heterocycles. The lowest BCUT2D eigenvalue weighted by Gasteiger charge is -2.24. The number of Topliss-reactive ketones (excluding diaryl/α,β-unsaturated/α-hetero) is 3. The van der Waals surface area contributed by atoms with Crippen LogP contribution < -0.4 is 0 Å². The van der Waals surface area contributed by atoms with Crippen molar-refractivity contribution in [3.8, 4) is 0 Å².